The van der Waals surface area contributed by atoms with E-state index in [1.54, 1.807) is 32.6 Å². The lowest BCUT2D eigenvalue weighted by molar-refractivity contribution is -0.115. The Bertz CT molecular complexity index is 1070. The van der Waals surface area contributed by atoms with Crippen LogP contribution in [0.25, 0.3) is 6.08 Å². The molecule has 9 nitrogen and oxygen atoms in total. The van der Waals surface area contributed by atoms with E-state index in [-0.39, 0.29) is 11.1 Å². The topological polar surface area (TPSA) is 114 Å². The van der Waals surface area contributed by atoms with Crippen LogP contribution in [0.3, 0.4) is 0 Å². The van der Waals surface area contributed by atoms with Crippen molar-refractivity contribution in [2.45, 2.75) is 44.2 Å². The first-order chi connectivity index (χ1) is 16.5. The normalized spacial score (nSPS) is 21.4. The lowest BCUT2D eigenvalue weighted by atomic mass is 9.91. The highest BCUT2D eigenvalue weighted by Gasteiger charge is 2.25. The Labute approximate surface area is 203 Å². The molecule has 0 bridgehead atoms. The highest BCUT2D eigenvalue weighted by Crippen LogP contribution is 2.28. The van der Waals surface area contributed by atoms with Crippen molar-refractivity contribution >= 4 is 34.9 Å². The van der Waals surface area contributed by atoms with Crippen molar-refractivity contribution in [2.75, 3.05) is 26.1 Å². The maximum atomic E-state index is 11.7. The fraction of sp³-hybridized carbons (Fsp3) is 0.417. The molecule has 1 aromatic carbocycles. The predicted molar refractivity (Wildman–Crippen MR) is 132 cm³/mol. The van der Waals surface area contributed by atoms with Crippen LogP contribution in [0.4, 0.5) is 10.7 Å². The number of nitrogens with one attached hydrogen (secondary N) is 3. The predicted octanol–water partition coefficient (Wildman–Crippen LogP) is 3.37. The average molecular weight is 484 g/mol. The zero-order valence-electron chi connectivity index (χ0n) is 19.3. The van der Waals surface area contributed by atoms with Crippen LogP contribution in [-0.4, -0.2) is 54.0 Å². The van der Waals surface area contributed by atoms with Gasteiger partial charge in [0, 0.05) is 18.3 Å². The Kier molecular flexibility index (Phi) is 8.02. The van der Waals surface area contributed by atoms with Crippen LogP contribution in [0, 0.1) is 0 Å². The summed E-state index contributed by atoms with van der Waals surface area (Å²) < 4.78 is 10.7. The van der Waals surface area contributed by atoms with Gasteiger partial charge in [-0.15, -0.1) is 0 Å². The summed E-state index contributed by atoms with van der Waals surface area (Å²) in [7, 11) is 3.30. The first kappa shape index (κ1) is 24.0. The first-order valence-corrected chi connectivity index (χ1v) is 12.1. The van der Waals surface area contributed by atoms with Crippen LogP contribution >= 0.6 is 11.8 Å². The van der Waals surface area contributed by atoms with Gasteiger partial charge in [-0.1, -0.05) is 6.07 Å². The number of amides is 2. The van der Waals surface area contributed by atoms with E-state index in [0.717, 1.165) is 61.9 Å². The largest absolute Gasteiger partial charge is 0.493 e. The summed E-state index contributed by atoms with van der Waals surface area (Å²) >= 11 is 0.880. The Morgan fingerprint density at radius 3 is 2.56 bits per heavy atom. The van der Waals surface area contributed by atoms with E-state index in [0.29, 0.717) is 28.6 Å². The molecule has 180 valence electrons. The molecular formula is C24H29N5O4S. The van der Waals surface area contributed by atoms with Crippen molar-refractivity contribution < 1.29 is 19.1 Å². The van der Waals surface area contributed by atoms with Gasteiger partial charge in [-0.05, 0) is 80.2 Å². The molecule has 1 aliphatic carbocycles. The first-order valence-electron chi connectivity index (χ1n) is 11.3. The van der Waals surface area contributed by atoms with E-state index < -0.39 is 0 Å². The summed E-state index contributed by atoms with van der Waals surface area (Å²) in [4.78, 5) is 32.2. The molecule has 34 heavy (non-hydrogen) atoms. The number of methoxy groups -OCH3 is 2. The van der Waals surface area contributed by atoms with Gasteiger partial charge in [0.2, 0.25) is 5.95 Å². The summed E-state index contributed by atoms with van der Waals surface area (Å²) in [5.74, 6) is 1.65. The van der Waals surface area contributed by atoms with Crippen molar-refractivity contribution in [1.82, 2.24) is 20.6 Å². The van der Waals surface area contributed by atoms with Crippen molar-refractivity contribution in [2.24, 2.45) is 0 Å². The van der Waals surface area contributed by atoms with Gasteiger partial charge < -0.3 is 20.1 Å². The molecule has 0 atom stereocenters. The minimum atomic E-state index is -0.389. The van der Waals surface area contributed by atoms with Crippen molar-refractivity contribution in [1.29, 1.82) is 0 Å². The molecule has 1 saturated carbocycles. The molecule has 2 amide bonds. The highest BCUT2D eigenvalue weighted by molar-refractivity contribution is 8.18. The number of carbonyl (C=O) groups is 2. The second-order valence-corrected chi connectivity index (χ2v) is 9.26. The number of ether oxygens (including phenoxy) is 2. The van der Waals surface area contributed by atoms with Gasteiger partial charge >= 0.3 is 0 Å². The Morgan fingerprint density at radius 2 is 1.85 bits per heavy atom. The number of benzene rings is 1. The summed E-state index contributed by atoms with van der Waals surface area (Å²) in [6.07, 6.45) is 8.39. The number of hydrogen-bond acceptors (Lipinski definition) is 9. The van der Waals surface area contributed by atoms with E-state index >= 15 is 0 Å². The maximum absolute atomic E-state index is 11.7. The number of hydrogen-bond donors (Lipinski definition) is 3. The fourth-order valence-electron chi connectivity index (χ4n) is 4.16. The van der Waals surface area contributed by atoms with E-state index in [4.69, 9.17) is 9.47 Å². The van der Waals surface area contributed by atoms with E-state index in [2.05, 4.69) is 32.0 Å². The molecule has 2 fully saturated rings. The van der Waals surface area contributed by atoms with Gasteiger partial charge in [0.05, 0.1) is 24.8 Å². The van der Waals surface area contributed by atoms with Gasteiger partial charge in [0.25, 0.3) is 11.1 Å². The standard InChI is InChI=1S/C24H29N5O4S/c1-32-19-8-3-15(13-20(19)33-2)9-11-25-16-4-6-17(7-5-16)27-23-26-12-10-18(28-23)14-21-22(30)29-24(31)34-21/h3,8,10,12-14,16-17,25H,4-7,9,11H2,1-2H3,(H,26,27,28)(H,29,30,31)/b21-14-. The second-order valence-electron chi connectivity index (χ2n) is 8.24. The molecule has 3 N–H and O–H groups in total. The van der Waals surface area contributed by atoms with Crippen molar-refractivity contribution in [3.63, 3.8) is 0 Å². The zero-order valence-corrected chi connectivity index (χ0v) is 20.1. The monoisotopic (exact) mass is 483 g/mol. The number of nitrogens with zero attached hydrogens (tertiary/aromatic N) is 2. The highest BCUT2D eigenvalue weighted by atomic mass is 32.2. The fourth-order valence-corrected chi connectivity index (χ4v) is 4.83. The van der Waals surface area contributed by atoms with Gasteiger partial charge in [0.15, 0.2) is 11.5 Å². The maximum Gasteiger partial charge on any atom is 0.290 e. The van der Waals surface area contributed by atoms with Crippen LogP contribution in [-0.2, 0) is 11.2 Å². The quantitative estimate of drug-likeness (QED) is 0.462. The molecule has 2 aliphatic rings. The number of anilines is 1. The van der Waals surface area contributed by atoms with E-state index in [1.807, 2.05) is 12.1 Å². The summed E-state index contributed by atoms with van der Waals surface area (Å²) in [5, 5.41) is 8.97. The van der Waals surface area contributed by atoms with Gasteiger partial charge in [-0.25, -0.2) is 9.97 Å². The lowest BCUT2D eigenvalue weighted by Gasteiger charge is -2.29. The molecular weight excluding hydrogens is 454 g/mol. The van der Waals surface area contributed by atoms with Crippen molar-refractivity contribution in [3.8, 4) is 11.5 Å². The number of imide groups is 1. The Morgan fingerprint density at radius 1 is 1.09 bits per heavy atom. The third-order valence-corrected chi connectivity index (χ3v) is 6.76. The van der Waals surface area contributed by atoms with Crippen molar-refractivity contribution in [3.05, 3.63) is 46.6 Å². The molecule has 2 aromatic rings. The number of rotatable bonds is 9. The molecule has 10 heteroatoms. The summed E-state index contributed by atoms with van der Waals surface area (Å²) in [6, 6.07) is 8.56. The third-order valence-electron chi connectivity index (χ3n) is 5.95. The Hall–Kier alpha value is -3.11. The van der Waals surface area contributed by atoms with Gasteiger partial charge in [0.1, 0.15) is 0 Å². The summed E-state index contributed by atoms with van der Waals surface area (Å²) in [5.41, 5.74) is 1.81. The molecule has 1 saturated heterocycles. The van der Waals surface area contributed by atoms with E-state index in [1.165, 1.54) is 5.56 Å². The van der Waals surface area contributed by atoms with Crippen LogP contribution in [0.5, 0.6) is 11.5 Å². The minimum Gasteiger partial charge on any atom is -0.493 e. The number of thioether (sulfide) groups is 1. The van der Waals surface area contributed by atoms with Gasteiger partial charge in [-0.3, -0.25) is 14.9 Å². The van der Waals surface area contributed by atoms with Gasteiger partial charge in [-0.2, -0.15) is 0 Å². The number of aromatic nitrogens is 2. The van der Waals surface area contributed by atoms with Crippen LogP contribution in [0.15, 0.2) is 35.4 Å². The number of carbonyl (C=O) groups excluding carboxylic acids is 2. The SMILES string of the molecule is COc1ccc(CCNC2CCC(Nc3nccc(/C=C4\SC(=O)NC4=O)n3)CC2)cc1OC. The average Bonchev–Trinajstić information content (AvgIpc) is 3.16. The molecule has 0 radical (unpaired) electrons. The smallest absolute Gasteiger partial charge is 0.290 e. The van der Waals surface area contributed by atoms with E-state index in [9.17, 15) is 9.59 Å². The second kappa shape index (κ2) is 11.3. The minimum absolute atomic E-state index is 0.303. The molecule has 0 spiro atoms. The van der Waals surface area contributed by atoms with Crippen LogP contribution < -0.4 is 25.4 Å². The molecule has 1 aliphatic heterocycles. The molecule has 4 rings (SSSR count). The Balaban J connectivity index is 1.22. The van der Waals surface area contributed by atoms with Crippen LogP contribution in [0.2, 0.25) is 0 Å². The lowest BCUT2D eigenvalue weighted by Crippen LogP contribution is -2.38. The molecule has 2 heterocycles. The van der Waals surface area contributed by atoms with Crippen LogP contribution in [0.1, 0.15) is 36.9 Å². The molecule has 1 aromatic heterocycles. The molecule has 0 unspecified atom stereocenters. The third kappa shape index (κ3) is 6.27. The zero-order chi connectivity index (χ0) is 23.9. The summed E-state index contributed by atoms with van der Waals surface area (Å²) in [6.45, 7) is 0.909.